The summed E-state index contributed by atoms with van der Waals surface area (Å²) in [5.41, 5.74) is -2.35. The zero-order valence-corrected chi connectivity index (χ0v) is 26.4. The fourth-order valence-electron chi connectivity index (χ4n) is 5.78. The van der Waals surface area contributed by atoms with Gasteiger partial charge < -0.3 is 29.7 Å². The summed E-state index contributed by atoms with van der Waals surface area (Å²) in [6.07, 6.45) is -8.59. The molecule has 13 nitrogen and oxygen atoms in total. The molecule has 0 aliphatic carbocycles. The van der Waals surface area contributed by atoms with Gasteiger partial charge in [0.1, 0.15) is 6.54 Å². The summed E-state index contributed by atoms with van der Waals surface area (Å²) in [5, 5.41) is 14.6. The quantitative estimate of drug-likeness (QED) is 0.359. The van der Waals surface area contributed by atoms with Crippen molar-refractivity contribution in [2.45, 2.75) is 31.7 Å². The van der Waals surface area contributed by atoms with Gasteiger partial charge in [0.25, 0.3) is 11.8 Å². The predicted molar refractivity (Wildman–Crippen MR) is 160 cm³/mol. The molecule has 2 aliphatic rings. The summed E-state index contributed by atoms with van der Waals surface area (Å²) < 4.78 is 80.4. The van der Waals surface area contributed by atoms with E-state index in [4.69, 9.17) is 16.7 Å². The normalized spacial score (nSPS) is 16.2. The predicted octanol–water partition coefficient (Wildman–Crippen LogP) is 4.44. The summed E-state index contributed by atoms with van der Waals surface area (Å²) in [5.74, 6) is -2.03. The number of carboxylic acid groups (broad SMARTS) is 1. The maximum atomic E-state index is 13.6. The molecule has 2 aliphatic heterocycles. The summed E-state index contributed by atoms with van der Waals surface area (Å²) in [6.45, 7) is -0.145. The smallest absolute Gasteiger partial charge is 0.435 e. The maximum Gasteiger partial charge on any atom is 0.435 e. The molecule has 4 heterocycles. The van der Waals surface area contributed by atoms with E-state index in [1.54, 1.807) is 4.90 Å². The van der Waals surface area contributed by atoms with Crippen LogP contribution in [0, 0.1) is 5.92 Å². The molecule has 1 aromatic carbocycles. The molecule has 0 unspecified atom stereocenters. The van der Waals surface area contributed by atoms with E-state index in [0.717, 1.165) is 10.8 Å². The van der Waals surface area contributed by atoms with Gasteiger partial charge in [0.2, 0.25) is 5.91 Å². The lowest BCUT2D eigenvalue weighted by molar-refractivity contribution is -0.148. The van der Waals surface area contributed by atoms with Crippen molar-refractivity contribution < 1.29 is 50.6 Å². The van der Waals surface area contributed by atoms with Crippen LogP contribution in [0.5, 0.6) is 0 Å². The molecule has 49 heavy (non-hydrogen) atoms. The van der Waals surface area contributed by atoms with Crippen molar-refractivity contribution in [1.82, 2.24) is 34.0 Å². The number of alkyl halides is 6. The van der Waals surface area contributed by atoms with Crippen LogP contribution in [0.1, 0.15) is 39.5 Å². The number of piperazine rings is 1. The van der Waals surface area contributed by atoms with Crippen LogP contribution in [0.4, 0.5) is 36.8 Å². The largest absolute Gasteiger partial charge is 0.465 e. The number of nitrogens with zero attached hydrogens (tertiary/aromatic N) is 7. The second kappa shape index (κ2) is 13.6. The topological polar surface area (TPSA) is 146 Å². The second-order valence-corrected chi connectivity index (χ2v) is 11.9. The summed E-state index contributed by atoms with van der Waals surface area (Å²) in [4.78, 5) is 58.7. The number of hydrogen-bond donors (Lipinski definition) is 2. The minimum atomic E-state index is -5.09. The number of halogens is 7. The van der Waals surface area contributed by atoms with Crippen molar-refractivity contribution in [3.63, 3.8) is 0 Å². The summed E-state index contributed by atoms with van der Waals surface area (Å²) >= 11 is 6.39. The van der Waals surface area contributed by atoms with E-state index < -0.39 is 48.1 Å². The number of piperidine rings is 1. The lowest BCUT2D eigenvalue weighted by atomic mass is 9.95. The van der Waals surface area contributed by atoms with Crippen LogP contribution in [-0.2, 0) is 24.6 Å². The highest BCUT2D eigenvalue weighted by atomic mass is 35.5. The molecule has 2 fully saturated rings. The third-order valence-electron chi connectivity index (χ3n) is 8.29. The molecule has 0 bridgehead atoms. The first-order valence-electron chi connectivity index (χ1n) is 14.8. The molecule has 264 valence electrons. The van der Waals surface area contributed by atoms with Crippen LogP contribution in [0.2, 0.25) is 5.02 Å². The lowest BCUT2D eigenvalue weighted by Crippen LogP contribution is -2.53. The van der Waals surface area contributed by atoms with E-state index in [-0.39, 0.29) is 83.6 Å². The molecule has 0 saturated carbocycles. The third-order valence-corrected chi connectivity index (χ3v) is 8.60. The fourth-order valence-corrected chi connectivity index (χ4v) is 6.04. The number of imidazole rings is 1. The molecule has 4 amide bonds. The van der Waals surface area contributed by atoms with Gasteiger partial charge in [-0.3, -0.25) is 19.1 Å². The first-order valence-corrected chi connectivity index (χ1v) is 15.2. The average molecular weight is 719 g/mol. The Kier molecular flexibility index (Phi) is 9.85. The van der Waals surface area contributed by atoms with Gasteiger partial charge in [-0.25, -0.2) is 9.78 Å². The maximum absolute atomic E-state index is 13.6. The SMILES string of the molecule is Cn1c(-c2cn(CC(F)(F)F)nc2C(F)(F)F)cnc1C(=O)Nc1ccc(C(=O)N2CCN(C(=O)C3CCN(C(=O)O)CC3)CC2)c(Cl)c1. The average Bonchev–Trinajstić information content (AvgIpc) is 3.62. The molecule has 2 N–H and O–H groups in total. The molecule has 0 radical (unpaired) electrons. The number of hydrogen-bond acceptors (Lipinski definition) is 6. The Morgan fingerprint density at radius 2 is 1.59 bits per heavy atom. The number of carbonyl (C=O) groups is 4. The zero-order valence-electron chi connectivity index (χ0n) is 25.7. The number of nitrogens with one attached hydrogen (secondary N) is 1. The molecule has 3 aromatic rings. The number of carbonyl (C=O) groups excluding carboxylic acids is 3. The van der Waals surface area contributed by atoms with Crippen molar-refractivity contribution in [1.29, 1.82) is 0 Å². The Hall–Kier alpha value is -4.81. The molecule has 2 aromatic heterocycles. The van der Waals surface area contributed by atoms with E-state index in [0.29, 0.717) is 19.0 Å². The molecule has 0 spiro atoms. The van der Waals surface area contributed by atoms with Gasteiger partial charge in [-0.1, -0.05) is 11.6 Å². The molecule has 2 saturated heterocycles. The molecular weight excluding hydrogens is 690 g/mol. The molecule has 20 heteroatoms. The second-order valence-electron chi connectivity index (χ2n) is 11.5. The van der Waals surface area contributed by atoms with Crippen molar-refractivity contribution >= 4 is 41.1 Å². The Morgan fingerprint density at radius 3 is 2.16 bits per heavy atom. The van der Waals surface area contributed by atoms with Crippen molar-refractivity contribution in [3.8, 4) is 11.3 Å². The highest BCUT2D eigenvalue weighted by Crippen LogP contribution is 2.37. The molecule has 5 rings (SSSR count). The highest BCUT2D eigenvalue weighted by Gasteiger charge is 2.40. The van der Waals surface area contributed by atoms with E-state index in [2.05, 4.69) is 15.4 Å². The van der Waals surface area contributed by atoms with Crippen LogP contribution in [0.25, 0.3) is 11.3 Å². The van der Waals surface area contributed by atoms with Gasteiger partial charge >= 0.3 is 18.4 Å². The van der Waals surface area contributed by atoms with Crippen LogP contribution >= 0.6 is 11.6 Å². The number of rotatable bonds is 6. The minimum absolute atomic E-state index is 0.0149. The fraction of sp³-hybridized carbons (Fsp3) is 0.448. The van der Waals surface area contributed by atoms with Crippen LogP contribution in [0.15, 0.2) is 30.6 Å². The molecule has 0 atom stereocenters. The van der Waals surface area contributed by atoms with E-state index >= 15 is 0 Å². The van der Waals surface area contributed by atoms with Gasteiger partial charge in [-0.15, -0.1) is 0 Å². The minimum Gasteiger partial charge on any atom is -0.465 e. The monoisotopic (exact) mass is 718 g/mol. The van der Waals surface area contributed by atoms with Crippen molar-refractivity contribution in [2.24, 2.45) is 13.0 Å². The van der Waals surface area contributed by atoms with Gasteiger partial charge in [0.15, 0.2) is 11.5 Å². The molecular formula is C29H29ClF6N8O5. The number of anilines is 1. The number of amides is 4. The van der Waals surface area contributed by atoms with Crippen LogP contribution in [-0.4, -0.2) is 108 Å². The Morgan fingerprint density at radius 1 is 0.959 bits per heavy atom. The van der Waals surface area contributed by atoms with Gasteiger partial charge in [0, 0.05) is 64.1 Å². The Bertz CT molecular complexity index is 1760. The third kappa shape index (κ3) is 7.92. The van der Waals surface area contributed by atoms with E-state index in [1.165, 1.54) is 35.0 Å². The number of aromatic nitrogens is 4. The zero-order chi connectivity index (χ0) is 35.8. The number of likely N-dealkylation sites (tertiary alicyclic amines) is 1. The standard InChI is InChI=1S/C29H29ClF6N8O5/c1-40-21(19-14-44(15-28(31,32)33)39-22(19)29(34,35)36)13-37-23(40)24(45)38-17-2-3-18(20(30)12-17)26(47)42-10-8-41(9-11-42)25(46)16-4-6-43(7-5-16)27(48)49/h2-3,12-14,16H,4-11,15H2,1H3,(H,38,45)(H,48,49). The van der Waals surface area contributed by atoms with E-state index in [9.17, 15) is 45.5 Å². The lowest BCUT2D eigenvalue weighted by Gasteiger charge is -2.38. The number of benzene rings is 1. The van der Waals surface area contributed by atoms with E-state index in [1.807, 2.05) is 0 Å². The van der Waals surface area contributed by atoms with Crippen molar-refractivity contribution in [3.05, 3.63) is 52.7 Å². The van der Waals surface area contributed by atoms with Gasteiger partial charge in [0.05, 0.1) is 28.0 Å². The van der Waals surface area contributed by atoms with Crippen molar-refractivity contribution in [2.75, 3.05) is 44.6 Å². The highest BCUT2D eigenvalue weighted by molar-refractivity contribution is 6.34. The van der Waals surface area contributed by atoms with Crippen LogP contribution in [0.3, 0.4) is 0 Å². The Labute approximate surface area is 279 Å². The van der Waals surface area contributed by atoms with Gasteiger partial charge in [-0.05, 0) is 31.0 Å². The summed E-state index contributed by atoms with van der Waals surface area (Å²) in [7, 11) is 1.21. The van der Waals surface area contributed by atoms with Crippen LogP contribution < -0.4 is 5.32 Å². The first kappa shape index (κ1) is 35.5. The Balaban J connectivity index is 1.21. The summed E-state index contributed by atoms with van der Waals surface area (Å²) in [6, 6.07) is 4.05. The first-order chi connectivity index (χ1) is 22.9. The van der Waals surface area contributed by atoms with Gasteiger partial charge in [-0.2, -0.15) is 31.4 Å².